The number of rotatable bonds is 10. The van der Waals surface area contributed by atoms with Gasteiger partial charge in [-0.25, -0.2) is 18.7 Å². The second-order valence-corrected chi connectivity index (χ2v) is 8.38. The number of anilines is 4. The first-order valence-electron chi connectivity index (χ1n) is 11.4. The van der Waals surface area contributed by atoms with E-state index in [4.69, 9.17) is 54.4 Å². The molecular weight excluding hydrogens is 573 g/mol. The van der Waals surface area contributed by atoms with Crippen LogP contribution < -0.4 is 31.6 Å². The molecule has 0 saturated heterocycles. The summed E-state index contributed by atoms with van der Waals surface area (Å²) in [5.74, 6) is 0.292. The zero-order valence-corrected chi connectivity index (χ0v) is 22.1. The van der Waals surface area contributed by atoms with E-state index >= 15 is 0 Å². The zero-order valence-electron chi connectivity index (χ0n) is 20.6. The highest BCUT2D eigenvalue weighted by molar-refractivity contribution is 6.32. The molecule has 16 heteroatoms. The monoisotopic (exact) mass is 596 g/mol. The van der Waals surface area contributed by atoms with Gasteiger partial charge in [0.05, 0.1) is 30.6 Å². The van der Waals surface area contributed by atoms with Gasteiger partial charge < -0.3 is 41.8 Å². The molecule has 0 radical (unpaired) electrons. The Bertz CT molecular complexity index is 1330. The molecule has 2 aromatic heterocycles. The highest BCUT2D eigenvalue weighted by atomic mass is 35.5. The van der Waals surface area contributed by atoms with Gasteiger partial charge in [-0.1, -0.05) is 23.2 Å². The lowest BCUT2D eigenvalue weighted by Gasteiger charge is -2.12. The minimum Gasteiger partial charge on any atom is -0.450 e. The maximum Gasteiger partial charge on any atom is 0.222 e. The van der Waals surface area contributed by atoms with Crippen LogP contribution >= 0.6 is 23.2 Å². The van der Waals surface area contributed by atoms with Gasteiger partial charge in [0.15, 0.2) is 34.7 Å². The molecule has 0 aliphatic carbocycles. The summed E-state index contributed by atoms with van der Waals surface area (Å²) in [6, 6.07) is 7.78. The number of aliphatic hydroxyl groups excluding tert-OH is 2. The molecule has 12 nitrogen and oxygen atoms in total. The van der Waals surface area contributed by atoms with Crippen LogP contribution in [0, 0.1) is 11.6 Å². The Hall–Kier alpha value is -4.24. The average Bonchev–Trinajstić information content (AvgIpc) is 2.92. The summed E-state index contributed by atoms with van der Waals surface area (Å²) in [4.78, 5) is 15.5. The minimum atomic E-state index is -0.609. The van der Waals surface area contributed by atoms with E-state index in [0.717, 1.165) is 12.1 Å². The molecule has 0 bridgehead atoms. The van der Waals surface area contributed by atoms with Gasteiger partial charge in [0.2, 0.25) is 11.9 Å². The number of halogens is 4. The van der Waals surface area contributed by atoms with Crippen LogP contribution in [-0.4, -0.2) is 56.5 Å². The molecule has 2 aromatic carbocycles. The number of aromatic nitrogens is 4. The lowest BCUT2D eigenvalue weighted by atomic mass is 10.3. The van der Waals surface area contributed by atoms with Crippen LogP contribution in [0.2, 0.25) is 10.0 Å². The van der Waals surface area contributed by atoms with Crippen LogP contribution in [-0.2, 0) is 0 Å². The van der Waals surface area contributed by atoms with E-state index in [1.165, 1.54) is 36.7 Å². The van der Waals surface area contributed by atoms with E-state index in [0.29, 0.717) is 5.82 Å². The fraction of sp³-hybridized carbons (Fsp3) is 0.167. The Morgan fingerprint density at radius 2 is 1.27 bits per heavy atom. The third-order valence-corrected chi connectivity index (χ3v) is 5.11. The van der Waals surface area contributed by atoms with Crippen LogP contribution in [0.25, 0.3) is 0 Å². The molecular formula is C24H24Cl2F2N8O4. The van der Waals surface area contributed by atoms with Gasteiger partial charge in [-0.3, -0.25) is 0 Å². The van der Waals surface area contributed by atoms with Crippen molar-refractivity contribution in [2.45, 2.75) is 0 Å². The maximum atomic E-state index is 13.7. The van der Waals surface area contributed by atoms with Crippen molar-refractivity contribution >= 4 is 46.7 Å². The predicted molar refractivity (Wildman–Crippen MR) is 147 cm³/mol. The van der Waals surface area contributed by atoms with Gasteiger partial charge in [-0.05, 0) is 36.4 Å². The summed E-state index contributed by atoms with van der Waals surface area (Å²) >= 11 is 11.5. The Labute approximate surface area is 236 Å². The lowest BCUT2D eigenvalue weighted by Crippen LogP contribution is -2.10. The van der Waals surface area contributed by atoms with Crippen molar-refractivity contribution in [2.24, 2.45) is 0 Å². The Kier molecular flexibility index (Phi) is 11.2. The Morgan fingerprint density at radius 3 is 1.77 bits per heavy atom. The van der Waals surface area contributed by atoms with Crippen LogP contribution in [0.1, 0.15) is 0 Å². The molecule has 0 atom stereocenters. The summed E-state index contributed by atoms with van der Waals surface area (Å²) in [7, 11) is 0. The molecule has 40 heavy (non-hydrogen) atoms. The molecule has 0 fully saturated rings. The minimum absolute atomic E-state index is 0.0187. The van der Waals surface area contributed by atoms with Crippen LogP contribution in [0.3, 0.4) is 0 Å². The topological polar surface area (TPSA) is 187 Å². The smallest absolute Gasteiger partial charge is 0.222 e. The number of aliphatic hydroxyl groups is 2. The van der Waals surface area contributed by atoms with E-state index in [-0.39, 0.29) is 77.1 Å². The number of hydrogen-bond acceptors (Lipinski definition) is 12. The predicted octanol–water partition coefficient (Wildman–Crippen LogP) is 4.10. The first-order valence-corrected chi connectivity index (χ1v) is 12.2. The van der Waals surface area contributed by atoms with Crippen molar-refractivity contribution in [3.05, 3.63) is 70.5 Å². The average molecular weight is 597 g/mol. The number of nitrogens with zero attached hydrogens (tertiary/aromatic N) is 4. The summed E-state index contributed by atoms with van der Waals surface area (Å²) in [6.45, 7) is 0.333. The maximum absolute atomic E-state index is 13.7. The highest BCUT2D eigenvalue weighted by Gasteiger charge is 2.12. The van der Waals surface area contributed by atoms with Crippen molar-refractivity contribution in [3.8, 4) is 23.0 Å². The summed E-state index contributed by atoms with van der Waals surface area (Å²) in [6.07, 6.45) is 2.68. The van der Waals surface area contributed by atoms with Crippen molar-refractivity contribution < 1.29 is 28.5 Å². The molecule has 0 aliphatic heterocycles. The molecule has 8 N–H and O–H groups in total. The third-order valence-electron chi connectivity index (χ3n) is 4.58. The number of hydrogen-bond donors (Lipinski definition) is 6. The molecule has 0 aliphatic rings. The van der Waals surface area contributed by atoms with Gasteiger partial charge in [0.25, 0.3) is 0 Å². The first kappa shape index (κ1) is 30.3. The molecule has 4 rings (SSSR count). The molecule has 0 unspecified atom stereocenters. The van der Waals surface area contributed by atoms with Gasteiger partial charge >= 0.3 is 0 Å². The van der Waals surface area contributed by atoms with E-state index in [2.05, 4.69) is 30.6 Å². The zero-order chi connectivity index (χ0) is 29.1. The normalized spacial score (nSPS) is 10.3. The van der Waals surface area contributed by atoms with Crippen molar-refractivity contribution in [1.82, 2.24) is 19.9 Å². The lowest BCUT2D eigenvalue weighted by molar-refractivity contribution is 0.310. The van der Waals surface area contributed by atoms with Crippen molar-refractivity contribution in [1.29, 1.82) is 0 Å². The molecule has 0 saturated carbocycles. The molecule has 0 spiro atoms. The number of ether oxygens (including phenoxy) is 2. The van der Waals surface area contributed by atoms with Gasteiger partial charge in [-0.15, -0.1) is 0 Å². The molecule has 2 heterocycles. The van der Waals surface area contributed by atoms with E-state index in [1.54, 1.807) is 0 Å². The summed E-state index contributed by atoms with van der Waals surface area (Å²) in [5, 5.41) is 23.6. The Balaban J connectivity index is 0.000000220. The van der Waals surface area contributed by atoms with Gasteiger partial charge in [-0.2, -0.15) is 9.97 Å². The quantitative estimate of drug-likeness (QED) is 0.154. The number of nitrogens with two attached hydrogens (primary N) is 2. The van der Waals surface area contributed by atoms with E-state index in [1.807, 2.05) is 0 Å². The van der Waals surface area contributed by atoms with Crippen molar-refractivity contribution in [3.63, 3.8) is 0 Å². The highest BCUT2D eigenvalue weighted by Crippen LogP contribution is 2.33. The fourth-order valence-corrected chi connectivity index (χ4v) is 3.24. The standard InChI is InChI=1S/2C12H12ClFN4O2/c13-8-5-7(14)1-2-9(8)20-10-6-17-12(15)18-11(10)16-3-4-19;13-7-1-2-9(8(14)5-7)20-10-6-17-12(15)18-11(10)16-3-4-19/h2*1-2,5-6,19H,3-4H2,(H3,15,16,17,18). The largest absolute Gasteiger partial charge is 0.450 e. The second kappa shape index (κ2) is 14.8. The third kappa shape index (κ3) is 8.91. The molecule has 212 valence electrons. The van der Waals surface area contributed by atoms with Crippen LogP contribution in [0.15, 0.2) is 48.8 Å². The van der Waals surface area contributed by atoms with Crippen LogP contribution in [0.5, 0.6) is 23.0 Å². The summed E-state index contributed by atoms with van der Waals surface area (Å²) < 4.78 is 37.5. The van der Waals surface area contributed by atoms with E-state index in [9.17, 15) is 8.78 Å². The SMILES string of the molecule is Nc1ncc(Oc2ccc(Cl)cc2F)c(NCCO)n1.Nc1ncc(Oc2ccc(F)cc2Cl)c(NCCO)n1. The molecule has 0 amide bonds. The van der Waals surface area contributed by atoms with Gasteiger partial charge in [0, 0.05) is 18.1 Å². The van der Waals surface area contributed by atoms with Gasteiger partial charge in [0.1, 0.15) is 11.6 Å². The number of benzene rings is 2. The fourth-order valence-electron chi connectivity index (χ4n) is 2.87. The summed E-state index contributed by atoms with van der Waals surface area (Å²) in [5.41, 5.74) is 11.0. The second-order valence-electron chi connectivity index (χ2n) is 7.54. The van der Waals surface area contributed by atoms with Crippen molar-refractivity contribution in [2.75, 3.05) is 48.4 Å². The molecule has 4 aromatic rings. The van der Waals surface area contributed by atoms with Crippen LogP contribution in [0.4, 0.5) is 32.3 Å². The van der Waals surface area contributed by atoms with E-state index < -0.39 is 11.6 Å². The Morgan fingerprint density at radius 1 is 0.750 bits per heavy atom. The number of nitrogen functional groups attached to an aromatic ring is 2. The number of nitrogens with one attached hydrogen (secondary N) is 2. The first-order chi connectivity index (χ1) is 19.2.